The molecular weight excluding hydrogens is 300 g/mol. The van der Waals surface area contributed by atoms with Crippen LogP contribution in [0.25, 0.3) is 0 Å². The molecule has 0 aromatic heterocycles. The zero-order chi connectivity index (χ0) is 16.1. The minimum absolute atomic E-state index is 0.807. The summed E-state index contributed by atoms with van der Waals surface area (Å²) in [6, 6.07) is 8.42. The summed E-state index contributed by atoms with van der Waals surface area (Å²) in [6.45, 7) is 3.97. The summed E-state index contributed by atoms with van der Waals surface area (Å²) >= 11 is 5.96. The molecule has 0 N–H and O–H groups in total. The molecule has 0 heterocycles. The van der Waals surface area contributed by atoms with E-state index in [1.54, 1.807) is 0 Å². The average Bonchev–Trinajstić information content (AvgIpc) is 2.62. The van der Waals surface area contributed by atoms with Crippen molar-refractivity contribution in [3.05, 3.63) is 47.5 Å². The lowest BCUT2D eigenvalue weighted by molar-refractivity contribution is 0.153. The predicted molar refractivity (Wildman–Crippen MR) is 101 cm³/mol. The Kier molecular flexibility index (Phi) is 6.22. The van der Waals surface area contributed by atoms with Crippen LogP contribution in [0.5, 0.6) is 0 Å². The molecule has 3 rings (SSSR count). The van der Waals surface area contributed by atoms with Crippen molar-refractivity contribution in [2.24, 2.45) is 23.7 Å². The molecule has 0 bridgehead atoms. The number of halogens is 1. The Morgan fingerprint density at radius 3 is 2.00 bits per heavy atom. The fourth-order valence-electron chi connectivity index (χ4n) is 4.82. The van der Waals surface area contributed by atoms with E-state index in [1.165, 1.54) is 69.8 Å². The molecule has 0 spiro atoms. The highest BCUT2D eigenvalue weighted by Crippen LogP contribution is 2.42. The van der Waals surface area contributed by atoms with Crippen LogP contribution in [0, 0.1) is 23.7 Å². The third-order valence-corrected chi connectivity index (χ3v) is 6.71. The fraction of sp³-hybridized carbons (Fsp3) is 0.636. The molecule has 1 heteroatoms. The van der Waals surface area contributed by atoms with E-state index in [9.17, 15) is 0 Å². The van der Waals surface area contributed by atoms with Gasteiger partial charge in [0.2, 0.25) is 0 Å². The van der Waals surface area contributed by atoms with Crippen molar-refractivity contribution in [1.29, 1.82) is 0 Å². The number of aryl methyl sites for hydroxylation is 1. The smallest absolute Gasteiger partial charge is 0.0406 e. The third-order valence-electron chi connectivity index (χ3n) is 6.46. The summed E-state index contributed by atoms with van der Waals surface area (Å²) in [5, 5.41) is 0.848. The lowest BCUT2D eigenvalue weighted by Crippen LogP contribution is -2.25. The van der Waals surface area contributed by atoms with E-state index in [0.717, 1.165) is 28.7 Å². The third kappa shape index (κ3) is 4.86. The van der Waals surface area contributed by atoms with Crippen molar-refractivity contribution in [2.75, 3.05) is 0 Å². The Hall–Kier alpha value is -0.750. The molecule has 1 aromatic rings. The molecule has 2 fully saturated rings. The second-order valence-corrected chi connectivity index (χ2v) is 8.29. The normalized spacial score (nSPS) is 31.7. The first kappa shape index (κ1) is 17.1. The first-order chi connectivity index (χ1) is 11.2. The molecule has 0 unspecified atom stereocenters. The SMILES string of the molecule is C=CC1CCC(C2CCC(CCc3ccc(Cl)cc3)CC2)CC1. The van der Waals surface area contributed by atoms with E-state index in [1.807, 2.05) is 12.1 Å². The highest BCUT2D eigenvalue weighted by molar-refractivity contribution is 6.30. The van der Waals surface area contributed by atoms with E-state index in [0.29, 0.717) is 0 Å². The molecule has 126 valence electrons. The molecule has 2 saturated carbocycles. The van der Waals surface area contributed by atoms with Crippen molar-refractivity contribution < 1.29 is 0 Å². The lowest BCUT2D eigenvalue weighted by atomic mass is 9.68. The quantitative estimate of drug-likeness (QED) is 0.506. The maximum atomic E-state index is 5.96. The van der Waals surface area contributed by atoms with Gasteiger partial charge >= 0.3 is 0 Å². The summed E-state index contributed by atoms with van der Waals surface area (Å²) in [4.78, 5) is 0. The zero-order valence-electron chi connectivity index (χ0n) is 14.4. The predicted octanol–water partition coefficient (Wildman–Crippen LogP) is 7.07. The Morgan fingerprint density at radius 1 is 0.870 bits per heavy atom. The summed E-state index contributed by atoms with van der Waals surface area (Å²) in [5.41, 5.74) is 1.44. The van der Waals surface area contributed by atoms with E-state index in [-0.39, 0.29) is 0 Å². The van der Waals surface area contributed by atoms with Crippen LogP contribution in [-0.4, -0.2) is 0 Å². The summed E-state index contributed by atoms with van der Waals surface area (Å²) in [7, 11) is 0. The van der Waals surface area contributed by atoms with E-state index >= 15 is 0 Å². The Bertz CT molecular complexity index is 473. The zero-order valence-corrected chi connectivity index (χ0v) is 15.1. The van der Waals surface area contributed by atoms with Gasteiger partial charge in [-0.25, -0.2) is 0 Å². The number of rotatable bonds is 5. The van der Waals surface area contributed by atoms with Gasteiger partial charge in [0, 0.05) is 5.02 Å². The molecule has 0 nitrogen and oxygen atoms in total. The van der Waals surface area contributed by atoms with Gasteiger partial charge in [-0.15, -0.1) is 6.58 Å². The number of benzene rings is 1. The standard InChI is InChI=1S/C22H31Cl/c1-2-17-5-11-20(12-6-17)21-13-7-18(8-14-21)3-4-19-9-15-22(23)16-10-19/h2,9-10,15-18,20-21H,1,3-8,11-14H2. The van der Waals surface area contributed by atoms with Crippen molar-refractivity contribution >= 4 is 11.6 Å². The van der Waals surface area contributed by atoms with Crippen molar-refractivity contribution in [2.45, 2.75) is 64.2 Å². The van der Waals surface area contributed by atoms with Gasteiger partial charge < -0.3 is 0 Å². The molecule has 1 aromatic carbocycles. The molecule has 0 aliphatic heterocycles. The van der Waals surface area contributed by atoms with E-state index in [4.69, 9.17) is 11.6 Å². The van der Waals surface area contributed by atoms with Gasteiger partial charge in [-0.05, 0) is 92.7 Å². The van der Waals surface area contributed by atoms with E-state index < -0.39 is 0 Å². The van der Waals surface area contributed by atoms with Crippen LogP contribution in [-0.2, 0) is 6.42 Å². The molecule has 2 aliphatic carbocycles. The van der Waals surface area contributed by atoms with Gasteiger partial charge in [-0.2, -0.15) is 0 Å². The van der Waals surface area contributed by atoms with Crippen LogP contribution < -0.4 is 0 Å². The van der Waals surface area contributed by atoms with Gasteiger partial charge in [0.15, 0.2) is 0 Å². The summed E-state index contributed by atoms with van der Waals surface area (Å²) in [5.74, 6) is 3.80. The first-order valence-electron chi connectivity index (χ1n) is 9.61. The summed E-state index contributed by atoms with van der Waals surface area (Å²) < 4.78 is 0. The van der Waals surface area contributed by atoms with Gasteiger partial charge in [-0.1, -0.05) is 42.7 Å². The van der Waals surface area contributed by atoms with Crippen LogP contribution >= 0.6 is 11.6 Å². The summed E-state index contributed by atoms with van der Waals surface area (Å²) in [6.07, 6.45) is 16.3. The molecular formula is C22H31Cl. The monoisotopic (exact) mass is 330 g/mol. The van der Waals surface area contributed by atoms with Gasteiger partial charge in [0.05, 0.1) is 0 Å². The Balaban J connectivity index is 1.38. The minimum atomic E-state index is 0.807. The largest absolute Gasteiger partial charge is 0.103 e. The van der Waals surface area contributed by atoms with Crippen molar-refractivity contribution in [3.63, 3.8) is 0 Å². The molecule has 23 heavy (non-hydrogen) atoms. The molecule has 0 radical (unpaired) electrons. The van der Waals surface area contributed by atoms with Crippen LogP contribution in [0.15, 0.2) is 36.9 Å². The second-order valence-electron chi connectivity index (χ2n) is 7.86. The van der Waals surface area contributed by atoms with E-state index in [2.05, 4.69) is 24.8 Å². The molecule has 0 atom stereocenters. The van der Waals surface area contributed by atoms with Gasteiger partial charge in [0.25, 0.3) is 0 Å². The first-order valence-corrected chi connectivity index (χ1v) is 9.99. The Labute approximate surface area is 147 Å². The van der Waals surface area contributed by atoms with Crippen LogP contribution in [0.4, 0.5) is 0 Å². The Morgan fingerprint density at radius 2 is 1.43 bits per heavy atom. The minimum Gasteiger partial charge on any atom is -0.103 e. The van der Waals surface area contributed by atoms with Crippen LogP contribution in [0.1, 0.15) is 63.4 Å². The van der Waals surface area contributed by atoms with Gasteiger partial charge in [-0.3, -0.25) is 0 Å². The average molecular weight is 331 g/mol. The van der Waals surface area contributed by atoms with Crippen LogP contribution in [0.2, 0.25) is 5.02 Å². The fourth-order valence-corrected chi connectivity index (χ4v) is 4.95. The van der Waals surface area contributed by atoms with Crippen molar-refractivity contribution in [3.8, 4) is 0 Å². The molecule has 0 saturated heterocycles. The van der Waals surface area contributed by atoms with Crippen molar-refractivity contribution in [1.82, 2.24) is 0 Å². The maximum absolute atomic E-state index is 5.96. The number of hydrogen-bond donors (Lipinski definition) is 0. The molecule has 2 aliphatic rings. The van der Waals surface area contributed by atoms with Gasteiger partial charge in [0.1, 0.15) is 0 Å². The topological polar surface area (TPSA) is 0 Å². The highest BCUT2D eigenvalue weighted by Gasteiger charge is 2.30. The maximum Gasteiger partial charge on any atom is 0.0406 e. The number of hydrogen-bond acceptors (Lipinski definition) is 0. The van der Waals surface area contributed by atoms with Crippen LogP contribution in [0.3, 0.4) is 0 Å². The highest BCUT2D eigenvalue weighted by atomic mass is 35.5. The second kappa shape index (κ2) is 8.38. The number of allylic oxidation sites excluding steroid dienone is 1. The lowest BCUT2D eigenvalue weighted by Gasteiger charge is -2.37. The molecule has 0 amide bonds.